The third kappa shape index (κ3) is 4.59. The molecule has 27 heavy (non-hydrogen) atoms. The molecule has 140 valence electrons. The predicted molar refractivity (Wildman–Crippen MR) is 93.8 cm³/mol. The Kier molecular flexibility index (Phi) is 5.66. The lowest BCUT2D eigenvalue weighted by molar-refractivity contribution is -0.0501. The second-order valence-corrected chi connectivity index (χ2v) is 5.86. The number of hydrogen-bond donors (Lipinski definition) is 1. The lowest BCUT2D eigenvalue weighted by Gasteiger charge is -2.10. The average Bonchev–Trinajstić information content (AvgIpc) is 3.05. The van der Waals surface area contributed by atoms with Crippen LogP contribution in [0.3, 0.4) is 0 Å². The van der Waals surface area contributed by atoms with Crippen LogP contribution in [0.15, 0.2) is 54.9 Å². The number of aromatic nitrogens is 2. The first-order valence-electron chi connectivity index (χ1n) is 7.74. The zero-order chi connectivity index (χ0) is 19.4. The number of ether oxygens (including phenoxy) is 1. The Morgan fingerprint density at radius 1 is 1.22 bits per heavy atom. The molecule has 0 aliphatic heterocycles. The fourth-order valence-corrected chi connectivity index (χ4v) is 2.63. The molecule has 0 aliphatic carbocycles. The van der Waals surface area contributed by atoms with Gasteiger partial charge in [0, 0.05) is 16.8 Å². The van der Waals surface area contributed by atoms with Crippen molar-refractivity contribution in [2.75, 3.05) is 5.32 Å². The number of anilines is 1. The van der Waals surface area contributed by atoms with Crippen molar-refractivity contribution in [3.8, 4) is 5.75 Å². The van der Waals surface area contributed by atoms with Crippen LogP contribution >= 0.6 is 11.6 Å². The summed E-state index contributed by atoms with van der Waals surface area (Å²) in [4.78, 5) is 12.3. The number of nitrogens with zero attached hydrogens (tertiary/aromatic N) is 2. The summed E-state index contributed by atoms with van der Waals surface area (Å²) in [7, 11) is 0. The Morgan fingerprint density at radius 2 is 2.00 bits per heavy atom. The largest absolute Gasteiger partial charge is 0.434 e. The summed E-state index contributed by atoms with van der Waals surface area (Å²) >= 11 is 5.98. The van der Waals surface area contributed by atoms with E-state index in [2.05, 4.69) is 15.2 Å². The second kappa shape index (κ2) is 8.13. The molecule has 0 spiro atoms. The minimum atomic E-state index is -3.05. The first kappa shape index (κ1) is 18.8. The number of alkyl halides is 2. The van der Waals surface area contributed by atoms with Gasteiger partial charge in [-0.2, -0.15) is 13.9 Å². The van der Waals surface area contributed by atoms with Crippen LogP contribution in [-0.2, 0) is 6.54 Å². The maximum Gasteiger partial charge on any atom is 0.387 e. The van der Waals surface area contributed by atoms with E-state index in [1.807, 2.05) is 0 Å². The fraction of sp³-hybridized carbons (Fsp3) is 0.111. The standard InChI is InChI=1S/C18H13ClF3N3O2/c19-14-5-3-6-15(20)13(14)10-25-9-11(8-23-25)24-17(26)12-4-1-2-7-16(12)27-18(21)22/h1-9,18H,10H2,(H,24,26). The Labute approximate surface area is 157 Å². The van der Waals surface area contributed by atoms with Gasteiger partial charge in [0.05, 0.1) is 24.0 Å². The molecule has 0 aliphatic rings. The van der Waals surface area contributed by atoms with Crippen LogP contribution in [0.1, 0.15) is 15.9 Å². The first-order valence-corrected chi connectivity index (χ1v) is 8.12. The topological polar surface area (TPSA) is 56.2 Å². The van der Waals surface area contributed by atoms with Crippen molar-refractivity contribution in [3.63, 3.8) is 0 Å². The summed E-state index contributed by atoms with van der Waals surface area (Å²) in [5.74, 6) is -1.35. The molecule has 0 unspecified atom stereocenters. The maximum absolute atomic E-state index is 13.9. The van der Waals surface area contributed by atoms with Crippen LogP contribution in [0.25, 0.3) is 0 Å². The van der Waals surface area contributed by atoms with Crippen LogP contribution in [0.2, 0.25) is 5.02 Å². The lowest BCUT2D eigenvalue weighted by Crippen LogP contribution is -2.14. The molecule has 1 amide bonds. The minimum Gasteiger partial charge on any atom is -0.434 e. The Bertz CT molecular complexity index is 942. The summed E-state index contributed by atoms with van der Waals surface area (Å²) in [5.41, 5.74) is 0.512. The van der Waals surface area contributed by atoms with Crippen molar-refractivity contribution >= 4 is 23.2 Å². The van der Waals surface area contributed by atoms with Gasteiger partial charge >= 0.3 is 6.61 Å². The molecule has 1 aromatic heterocycles. The molecule has 5 nitrogen and oxygen atoms in total. The zero-order valence-electron chi connectivity index (χ0n) is 13.7. The van der Waals surface area contributed by atoms with E-state index in [0.29, 0.717) is 5.69 Å². The first-order chi connectivity index (χ1) is 12.9. The molecule has 0 atom stereocenters. The molecule has 1 N–H and O–H groups in total. The molecule has 0 fully saturated rings. The quantitative estimate of drug-likeness (QED) is 0.664. The molecule has 0 saturated heterocycles. The van der Waals surface area contributed by atoms with E-state index in [0.717, 1.165) is 0 Å². The highest BCUT2D eigenvalue weighted by Crippen LogP contribution is 2.23. The van der Waals surface area contributed by atoms with E-state index in [9.17, 15) is 18.0 Å². The van der Waals surface area contributed by atoms with Crippen LogP contribution in [-0.4, -0.2) is 22.3 Å². The number of amides is 1. The molecule has 9 heteroatoms. The number of rotatable bonds is 6. The Morgan fingerprint density at radius 3 is 2.74 bits per heavy atom. The average molecular weight is 396 g/mol. The van der Waals surface area contributed by atoms with Crippen molar-refractivity contribution in [3.05, 3.63) is 76.8 Å². The summed E-state index contributed by atoms with van der Waals surface area (Å²) in [6.45, 7) is -2.99. The van der Waals surface area contributed by atoms with Gasteiger partial charge in [-0.15, -0.1) is 0 Å². The molecule has 3 rings (SSSR count). The van der Waals surface area contributed by atoms with Gasteiger partial charge in [0.1, 0.15) is 11.6 Å². The van der Waals surface area contributed by atoms with Gasteiger partial charge < -0.3 is 10.1 Å². The van der Waals surface area contributed by atoms with Crippen LogP contribution < -0.4 is 10.1 Å². The molecule has 2 aromatic carbocycles. The number of halogens is 4. The monoisotopic (exact) mass is 395 g/mol. The SMILES string of the molecule is O=C(Nc1cnn(Cc2c(F)cccc2Cl)c1)c1ccccc1OC(F)F. The second-order valence-electron chi connectivity index (χ2n) is 5.46. The van der Waals surface area contributed by atoms with Crippen LogP contribution in [0.4, 0.5) is 18.9 Å². The summed E-state index contributed by atoms with van der Waals surface area (Å²) in [6.07, 6.45) is 2.82. The number of hydrogen-bond acceptors (Lipinski definition) is 3. The molecular weight excluding hydrogens is 383 g/mol. The van der Waals surface area contributed by atoms with E-state index in [-0.39, 0.29) is 28.4 Å². The maximum atomic E-state index is 13.9. The number of benzene rings is 2. The normalized spacial score (nSPS) is 10.9. The van der Waals surface area contributed by atoms with Gasteiger partial charge in [-0.1, -0.05) is 29.8 Å². The van der Waals surface area contributed by atoms with Gasteiger partial charge in [0.2, 0.25) is 0 Å². The van der Waals surface area contributed by atoms with Crippen molar-refractivity contribution in [2.24, 2.45) is 0 Å². The minimum absolute atomic E-state index is 0.0531. The highest BCUT2D eigenvalue weighted by atomic mass is 35.5. The van der Waals surface area contributed by atoms with E-state index >= 15 is 0 Å². The molecule has 0 saturated carbocycles. The van der Waals surface area contributed by atoms with Gasteiger partial charge in [-0.3, -0.25) is 9.48 Å². The van der Waals surface area contributed by atoms with Gasteiger partial charge in [-0.25, -0.2) is 4.39 Å². The summed E-state index contributed by atoms with van der Waals surface area (Å²) < 4.78 is 44.5. The Hall–Kier alpha value is -3.00. The third-order valence-electron chi connectivity index (χ3n) is 3.62. The number of nitrogens with one attached hydrogen (secondary N) is 1. The summed E-state index contributed by atoms with van der Waals surface area (Å²) in [5, 5.41) is 6.83. The highest BCUT2D eigenvalue weighted by molar-refractivity contribution is 6.31. The van der Waals surface area contributed by atoms with Crippen molar-refractivity contribution in [1.29, 1.82) is 0 Å². The van der Waals surface area contributed by atoms with Crippen LogP contribution in [0, 0.1) is 5.82 Å². The highest BCUT2D eigenvalue weighted by Gasteiger charge is 2.16. The third-order valence-corrected chi connectivity index (χ3v) is 3.97. The zero-order valence-corrected chi connectivity index (χ0v) is 14.5. The van der Waals surface area contributed by atoms with E-state index in [1.54, 1.807) is 6.07 Å². The van der Waals surface area contributed by atoms with Crippen LogP contribution in [0.5, 0.6) is 5.75 Å². The van der Waals surface area contributed by atoms with Crippen molar-refractivity contribution in [1.82, 2.24) is 9.78 Å². The predicted octanol–water partition coefficient (Wildman–Crippen LogP) is 4.58. The number of carbonyl (C=O) groups excluding carboxylic acids is 1. The smallest absolute Gasteiger partial charge is 0.387 e. The summed E-state index contributed by atoms with van der Waals surface area (Å²) in [6, 6.07) is 9.97. The Balaban J connectivity index is 1.74. The molecule has 1 heterocycles. The van der Waals surface area contributed by atoms with Gasteiger partial charge in [-0.05, 0) is 24.3 Å². The molecule has 0 bridgehead atoms. The van der Waals surface area contributed by atoms with Gasteiger partial charge in [0.25, 0.3) is 5.91 Å². The van der Waals surface area contributed by atoms with E-state index < -0.39 is 18.3 Å². The molecule has 0 radical (unpaired) electrons. The number of carbonyl (C=O) groups is 1. The fourth-order valence-electron chi connectivity index (χ4n) is 2.41. The van der Waals surface area contributed by atoms with E-state index in [4.69, 9.17) is 11.6 Å². The molecule has 3 aromatic rings. The van der Waals surface area contributed by atoms with Crippen molar-refractivity contribution < 1.29 is 22.7 Å². The molecular formula is C18H13ClF3N3O2. The van der Waals surface area contributed by atoms with Crippen molar-refractivity contribution in [2.45, 2.75) is 13.2 Å². The van der Waals surface area contributed by atoms with Gasteiger partial charge in [0.15, 0.2) is 0 Å². The number of para-hydroxylation sites is 1. The lowest BCUT2D eigenvalue weighted by atomic mass is 10.2. The van der Waals surface area contributed by atoms with E-state index in [1.165, 1.54) is 53.5 Å².